The van der Waals surface area contributed by atoms with Crippen molar-refractivity contribution < 1.29 is 1.43 Å². The summed E-state index contributed by atoms with van der Waals surface area (Å²) >= 11 is 0.547. The van der Waals surface area contributed by atoms with Crippen molar-refractivity contribution in [2.45, 2.75) is 18.6 Å². The summed E-state index contributed by atoms with van der Waals surface area (Å²) in [4.78, 5) is 0. The molecule has 1 aromatic rings. The molecule has 53 valence electrons. The number of rotatable bonds is 3. The fourth-order valence-corrected chi connectivity index (χ4v) is 2.02. The van der Waals surface area contributed by atoms with Crippen LogP contribution in [0.1, 0.15) is 14.8 Å². The van der Waals surface area contributed by atoms with Crippen molar-refractivity contribution in [3.8, 4) is 0 Å². The van der Waals surface area contributed by atoms with Crippen molar-refractivity contribution in [1.82, 2.24) is 0 Å². The van der Waals surface area contributed by atoms with E-state index in [-0.39, 0.29) is 1.43 Å². The van der Waals surface area contributed by atoms with Crippen LogP contribution in [0.25, 0.3) is 0 Å². The molecule has 0 nitrogen and oxygen atoms in total. The van der Waals surface area contributed by atoms with Gasteiger partial charge in [-0.2, -0.15) is 0 Å². The minimum Gasteiger partial charge on any atom is -0.124 e. The maximum Gasteiger partial charge on any atom is 0.250 e. The zero-order valence-electron chi connectivity index (χ0n) is 6.38. The molecule has 0 aliphatic carbocycles. The van der Waals surface area contributed by atoms with Gasteiger partial charge in [0.15, 0.2) is 0 Å². The summed E-state index contributed by atoms with van der Waals surface area (Å²) in [5, 5.41) is 1.39. The second kappa shape index (κ2) is 4.55. The lowest BCUT2D eigenvalue weighted by Gasteiger charge is -1.94. The fourth-order valence-electron chi connectivity index (χ4n) is 0.900. The Hall–Kier alpha value is -0.248. The molecular formula is C9H14Al. The van der Waals surface area contributed by atoms with Crippen LogP contribution in [0, 0.1) is 0 Å². The molecule has 0 N–H and O–H groups in total. The third-order valence-electron chi connectivity index (χ3n) is 1.47. The molecule has 0 aliphatic heterocycles. The van der Waals surface area contributed by atoms with Gasteiger partial charge in [0.25, 0.3) is 0 Å². The first kappa shape index (κ1) is 7.86. The summed E-state index contributed by atoms with van der Waals surface area (Å²) in [5.41, 5.74) is 0. The summed E-state index contributed by atoms with van der Waals surface area (Å²) in [6.07, 6.45) is 1.32. The molecule has 0 aromatic heterocycles. The second-order valence-corrected chi connectivity index (χ2v) is 4.06. The van der Waals surface area contributed by atoms with Crippen LogP contribution in [0.5, 0.6) is 0 Å². The molecule has 0 atom stereocenters. The van der Waals surface area contributed by atoms with E-state index in [2.05, 4.69) is 37.3 Å². The van der Waals surface area contributed by atoms with E-state index >= 15 is 0 Å². The number of hydrogen-bond acceptors (Lipinski definition) is 0. The van der Waals surface area contributed by atoms with E-state index in [0.29, 0.717) is 15.2 Å². The van der Waals surface area contributed by atoms with E-state index in [4.69, 9.17) is 0 Å². The average Bonchev–Trinajstić information content (AvgIpc) is 2.03. The zero-order chi connectivity index (χ0) is 7.23. The van der Waals surface area contributed by atoms with Gasteiger partial charge in [0, 0.05) is 1.43 Å². The van der Waals surface area contributed by atoms with Gasteiger partial charge in [-0.25, -0.2) is 0 Å². The smallest absolute Gasteiger partial charge is 0.124 e. The van der Waals surface area contributed by atoms with Gasteiger partial charge in [0.1, 0.15) is 0 Å². The molecule has 0 spiro atoms. The summed E-state index contributed by atoms with van der Waals surface area (Å²) in [6.45, 7) is 2.25. The number of hydrogen-bond donors (Lipinski definition) is 0. The maximum atomic E-state index is 2.25. The molecular weight excluding hydrogens is 135 g/mol. The van der Waals surface area contributed by atoms with Gasteiger partial charge in [-0.15, -0.1) is 4.43 Å². The standard InChI is InChI=1S/C6H5.C3H7.Al.H2/c1-2-4-6-5-3-1;1-3-2;;/h1-5H;1,3H2,2H3;;1H. The van der Waals surface area contributed by atoms with Gasteiger partial charge in [0.05, 0.1) is 0 Å². The molecule has 0 aliphatic rings. The van der Waals surface area contributed by atoms with Crippen LogP contribution < -0.4 is 4.43 Å². The van der Waals surface area contributed by atoms with E-state index in [1.807, 2.05) is 0 Å². The van der Waals surface area contributed by atoms with Gasteiger partial charge in [0.2, 0.25) is 15.2 Å². The van der Waals surface area contributed by atoms with Crippen molar-refractivity contribution in [3.63, 3.8) is 0 Å². The lowest BCUT2D eigenvalue weighted by Crippen LogP contribution is -2.11. The lowest BCUT2D eigenvalue weighted by atomic mass is 10.4. The van der Waals surface area contributed by atoms with Crippen LogP contribution in [0.15, 0.2) is 30.3 Å². The van der Waals surface area contributed by atoms with Gasteiger partial charge < -0.3 is 0 Å². The highest BCUT2D eigenvalue weighted by Crippen LogP contribution is 1.87. The van der Waals surface area contributed by atoms with E-state index < -0.39 is 0 Å². The fraction of sp³-hybridized carbons (Fsp3) is 0.333. The average molecular weight is 149 g/mol. The second-order valence-electron chi connectivity index (χ2n) is 2.40. The normalized spacial score (nSPS) is 9.30. The number of benzene rings is 1. The van der Waals surface area contributed by atoms with Gasteiger partial charge in [-0.05, 0) is 0 Å². The molecule has 1 radical (unpaired) electrons. The van der Waals surface area contributed by atoms with Gasteiger partial charge in [-0.1, -0.05) is 49.0 Å². The monoisotopic (exact) mass is 149 g/mol. The van der Waals surface area contributed by atoms with Crippen molar-refractivity contribution in [3.05, 3.63) is 30.3 Å². The Kier molecular flexibility index (Phi) is 3.57. The highest BCUT2D eigenvalue weighted by atomic mass is 27.1. The molecule has 0 saturated heterocycles. The zero-order valence-corrected chi connectivity index (χ0v) is 7.53. The van der Waals surface area contributed by atoms with E-state index in [0.717, 1.165) is 0 Å². The van der Waals surface area contributed by atoms with Crippen molar-refractivity contribution in [2.75, 3.05) is 0 Å². The Bertz CT molecular complexity index is 174. The first-order valence-electron chi connectivity index (χ1n) is 3.81. The van der Waals surface area contributed by atoms with Crippen LogP contribution in [0.4, 0.5) is 0 Å². The highest BCUT2D eigenvalue weighted by molar-refractivity contribution is 6.53. The molecule has 0 saturated carbocycles. The van der Waals surface area contributed by atoms with Crippen LogP contribution in [-0.4, -0.2) is 15.2 Å². The first-order valence-corrected chi connectivity index (χ1v) is 5.21. The van der Waals surface area contributed by atoms with E-state index in [9.17, 15) is 0 Å². The topological polar surface area (TPSA) is 0 Å². The SMILES string of the molecule is CC[CH2][Al][c]1ccccc1.[HH]. The van der Waals surface area contributed by atoms with Gasteiger partial charge >= 0.3 is 0 Å². The molecule has 0 fully saturated rings. The van der Waals surface area contributed by atoms with E-state index in [1.165, 1.54) is 11.7 Å². The summed E-state index contributed by atoms with van der Waals surface area (Å²) in [7, 11) is 0. The van der Waals surface area contributed by atoms with Crippen LogP contribution in [0.2, 0.25) is 5.28 Å². The van der Waals surface area contributed by atoms with Crippen LogP contribution >= 0.6 is 0 Å². The first-order chi connectivity index (χ1) is 4.93. The summed E-state index contributed by atoms with van der Waals surface area (Å²) < 4.78 is 1.55. The maximum absolute atomic E-state index is 2.25. The Morgan fingerprint density at radius 2 is 2.00 bits per heavy atom. The molecule has 0 unspecified atom stereocenters. The predicted octanol–water partition coefficient (Wildman–Crippen LogP) is 2.09. The Morgan fingerprint density at radius 1 is 1.30 bits per heavy atom. The lowest BCUT2D eigenvalue weighted by molar-refractivity contribution is 1.08. The van der Waals surface area contributed by atoms with E-state index in [1.54, 1.807) is 4.43 Å². The Balaban J connectivity index is 0.000001000. The minimum absolute atomic E-state index is 0. The molecule has 0 heterocycles. The summed E-state index contributed by atoms with van der Waals surface area (Å²) in [5.74, 6) is 0. The Morgan fingerprint density at radius 3 is 2.60 bits per heavy atom. The van der Waals surface area contributed by atoms with Crippen LogP contribution in [0.3, 0.4) is 0 Å². The summed E-state index contributed by atoms with van der Waals surface area (Å²) in [6, 6.07) is 10.8. The quantitative estimate of drug-likeness (QED) is 0.577. The third-order valence-corrected chi connectivity index (χ3v) is 3.19. The predicted molar refractivity (Wildman–Crippen MR) is 49.0 cm³/mol. The van der Waals surface area contributed by atoms with Crippen molar-refractivity contribution in [1.29, 1.82) is 0 Å². The van der Waals surface area contributed by atoms with Crippen molar-refractivity contribution >= 4 is 19.6 Å². The van der Waals surface area contributed by atoms with Crippen molar-refractivity contribution in [2.24, 2.45) is 0 Å². The molecule has 0 amide bonds. The molecule has 1 heteroatoms. The highest BCUT2D eigenvalue weighted by Gasteiger charge is 1.91. The van der Waals surface area contributed by atoms with Crippen LogP contribution in [-0.2, 0) is 0 Å². The third kappa shape index (κ3) is 2.56. The Labute approximate surface area is 70.5 Å². The van der Waals surface area contributed by atoms with Gasteiger partial charge in [-0.3, -0.25) is 0 Å². The molecule has 0 bridgehead atoms. The molecule has 1 rings (SSSR count). The largest absolute Gasteiger partial charge is 0.250 e. The minimum atomic E-state index is 0. The molecule has 1 aromatic carbocycles. The molecule has 10 heavy (non-hydrogen) atoms.